The van der Waals surface area contributed by atoms with E-state index in [1.165, 1.54) is 67.9 Å². The van der Waals surface area contributed by atoms with Crippen LogP contribution in [0, 0.1) is 0 Å². The second-order valence-electron chi connectivity index (χ2n) is 8.38. The van der Waals surface area contributed by atoms with E-state index in [1.807, 2.05) is 18.4 Å². The maximum Gasteiger partial charge on any atom is 0.191 e. The number of hydrogen-bond acceptors (Lipinski definition) is 4. The van der Waals surface area contributed by atoms with Gasteiger partial charge in [0, 0.05) is 31.6 Å². The highest BCUT2D eigenvalue weighted by Crippen LogP contribution is 2.27. The van der Waals surface area contributed by atoms with Crippen molar-refractivity contribution >= 4 is 17.3 Å². The molecule has 2 saturated heterocycles. The Morgan fingerprint density at radius 2 is 1.67 bits per heavy atom. The number of nitrogens with zero attached hydrogens (tertiary/aromatic N) is 3. The lowest BCUT2D eigenvalue weighted by molar-refractivity contribution is 0.249. The van der Waals surface area contributed by atoms with E-state index in [1.54, 1.807) is 0 Å². The number of guanidine groups is 1. The van der Waals surface area contributed by atoms with E-state index in [-0.39, 0.29) is 0 Å². The summed E-state index contributed by atoms with van der Waals surface area (Å²) in [5, 5.41) is 9.22. The second kappa shape index (κ2) is 10.9. The van der Waals surface area contributed by atoms with Crippen LogP contribution in [0.4, 0.5) is 0 Å². The molecule has 5 nitrogen and oxygen atoms in total. The van der Waals surface area contributed by atoms with Crippen molar-refractivity contribution in [2.45, 2.75) is 44.8 Å². The van der Waals surface area contributed by atoms with Gasteiger partial charge in [-0.3, -0.25) is 14.8 Å². The van der Waals surface area contributed by atoms with Gasteiger partial charge in [-0.1, -0.05) is 30.3 Å². The van der Waals surface area contributed by atoms with Crippen LogP contribution in [-0.4, -0.2) is 55.5 Å². The van der Waals surface area contributed by atoms with Gasteiger partial charge in [-0.25, -0.2) is 0 Å². The fraction of sp³-hybridized carbons (Fsp3) is 0.542. The normalized spacial score (nSPS) is 19.3. The Balaban J connectivity index is 1.27. The van der Waals surface area contributed by atoms with Gasteiger partial charge in [0.2, 0.25) is 0 Å². The van der Waals surface area contributed by atoms with Crippen molar-refractivity contribution in [1.82, 2.24) is 20.4 Å². The highest BCUT2D eigenvalue weighted by molar-refractivity contribution is 7.10. The van der Waals surface area contributed by atoms with Crippen LogP contribution in [0.1, 0.15) is 47.7 Å². The van der Waals surface area contributed by atoms with Crippen LogP contribution in [0.2, 0.25) is 0 Å². The first-order valence-corrected chi connectivity index (χ1v) is 12.2. The van der Waals surface area contributed by atoms with E-state index < -0.39 is 0 Å². The van der Waals surface area contributed by atoms with E-state index in [9.17, 15) is 0 Å². The number of rotatable bonds is 8. The fourth-order valence-corrected chi connectivity index (χ4v) is 5.37. The van der Waals surface area contributed by atoms with Gasteiger partial charge < -0.3 is 10.6 Å². The average Bonchev–Trinajstić information content (AvgIpc) is 3.56. The molecule has 2 N–H and O–H groups in total. The molecule has 0 aliphatic carbocycles. The van der Waals surface area contributed by atoms with Crippen molar-refractivity contribution < 1.29 is 0 Å². The monoisotopic (exact) mass is 425 g/mol. The van der Waals surface area contributed by atoms with Crippen molar-refractivity contribution in [3.63, 3.8) is 0 Å². The van der Waals surface area contributed by atoms with Crippen LogP contribution in [0.5, 0.6) is 0 Å². The average molecular weight is 426 g/mol. The first-order chi connectivity index (χ1) is 14.8. The van der Waals surface area contributed by atoms with E-state index in [0.717, 1.165) is 25.6 Å². The molecule has 2 aromatic rings. The minimum atomic E-state index is 0.427. The molecular formula is C24H35N5S. The summed E-state index contributed by atoms with van der Waals surface area (Å²) in [6.07, 6.45) is 5.31. The first kappa shape index (κ1) is 21.3. The lowest BCUT2D eigenvalue weighted by Crippen LogP contribution is -2.42. The van der Waals surface area contributed by atoms with Crippen molar-refractivity contribution in [3.05, 3.63) is 57.8 Å². The standard InChI is InChI=1S/C24H35N5S/c1-25-24(27-18-22(23-7-6-16-30-23)29-14-4-5-15-29)26-17-20-8-10-21(11-9-20)19-28-12-2-3-13-28/h6-11,16,22H,2-5,12-15,17-19H2,1H3,(H2,25,26,27). The first-order valence-electron chi connectivity index (χ1n) is 11.3. The van der Waals surface area contributed by atoms with Crippen molar-refractivity contribution in [3.8, 4) is 0 Å². The van der Waals surface area contributed by atoms with Crippen LogP contribution in [-0.2, 0) is 13.1 Å². The lowest BCUT2D eigenvalue weighted by Gasteiger charge is -2.27. The van der Waals surface area contributed by atoms with E-state index in [2.05, 4.69) is 67.2 Å². The summed E-state index contributed by atoms with van der Waals surface area (Å²) < 4.78 is 0. The molecule has 2 aliphatic rings. The predicted octanol–water partition coefficient (Wildman–Crippen LogP) is 3.85. The van der Waals surface area contributed by atoms with E-state index in [0.29, 0.717) is 6.04 Å². The summed E-state index contributed by atoms with van der Waals surface area (Å²) in [4.78, 5) is 11.0. The maximum absolute atomic E-state index is 4.44. The quantitative estimate of drug-likeness (QED) is 0.498. The van der Waals surface area contributed by atoms with Gasteiger partial charge in [-0.2, -0.15) is 0 Å². The van der Waals surface area contributed by atoms with E-state index >= 15 is 0 Å². The van der Waals surface area contributed by atoms with Crippen LogP contribution < -0.4 is 10.6 Å². The van der Waals surface area contributed by atoms with Gasteiger partial charge in [-0.05, 0) is 74.4 Å². The summed E-state index contributed by atoms with van der Waals surface area (Å²) in [6, 6.07) is 13.9. The summed E-state index contributed by atoms with van der Waals surface area (Å²) in [7, 11) is 1.85. The minimum Gasteiger partial charge on any atom is -0.354 e. The maximum atomic E-state index is 4.44. The van der Waals surface area contributed by atoms with Crippen LogP contribution >= 0.6 is 11.3 Å². The molecule has 3 heterocycles. The Kier molecular flexibility index (Phi) is 7.78. The lowest BCUT2D eigenvalue weighted by atomic mass is 10.1. The zero-order valence-electron chi connectivity index (χ0n) is 18.1. The van der Waals surface area contributed by atoms with Crippen LogP contribution in [0.3, 0.4) is 0 Å². The molecule has 30 heavy (non-hydrogen) atoms. The number of nitrogens with one attached hydrogen (secondary N) is 2. The predicted molar refractivity (Wildman–Crippen MR) is 127 cm³/mol. The molecule has 0 saturated carbocycles. The SMILES string of the molecule is CN=C(NCc1ccc(CN2CCCC2)cc1)NCC(c1cccs1)N1CCCC1. The second-order valence-corrected chi connectivity index (χ2v) is 9.36. The molecule has 0 bridgehead atoms. The van der Waals surface area contributed by atoms with Crippen molar-refractivity contribution in [2.75, 3.05) is 39.8 Å². The third-order valence-corrected chi connectivity index (χ3v) is 7.20. The molecule has 1 aromatic carbocycles. The molecule has 6 heteroatoms. The summed E-state index contributed by atoms with van der Waals surface area (Å²) >= 11 is 1.85. The third-order valence-electron chi connectivity index (χ3n) is 6.23. The number of hydrogen-bond donors (Lipinski definition) is 2. The zero-order chi connectivity index (χ0) is 20.6. The largest absolute Gasteiger partial charge is 0.354 e. The number of aliphatic imine (C=N–C) groups is 1. The number of thiophene rings is 1. The van der Waals surface area contributed by atoms with Crippen molar-refractivity contribution in [2.24, 2.45) is 4.99 Å². The van der Waals surface area contributed by atoms with Crippen LogP contribution in [0.25, 0.3) is 0 Å². The highest BCUT2D eigenvalue weighted by Gasteiger charge is 2.24. The molecule has 0 spiro atoms. The smallest absolute Gasteiger partial charge is 0.191 e. The number of benzene rings is 1. The molecule has 4 rings (SSSR count). The van der Waals surface area contributed by atoms with Crippen molar-refractivity contribution in [1.29, 1.82) is 0 Å². The summed E-state index contributed by atoms with van der Waals surface area (Å²) in [5.41, 5.74) is 2.70. The summed E-state index contributed by atoms with van der Waals surface area (Å²) in [5.74, 6) is 0.872. The number of likely N-dealkylation sites (tertiary alicyclic amines) is 2. The Hall–Kier alpha value is -1.89. The molecule has 2 aliphatic heterocycles. The highest BCUT2D eigenvalue weighted by atomic mass is 32.1. The van der Waals surface area contributed by atoms with Gasteiger partial charge >= 0.3 is 0 Å². The molecule has 1 atom stereocenters. The third kappa shape index (κ3) is 5.84. The van der Waals surface area contributed by atoms with Gasteiger partial charge in [0.1, 0.15) is 0 Å². The minimum absolute atomic E-state index is 0.427. The Bertz CT molecular complexity index is 774. The molecule has 0 amide bonds. The van der Waals surface area contributed by atoms with Gasteiger partial charge in [0.25, 0.3) is 0 Å². The van der Waals surface area contributed by atoms with Gasteiger partial charge in [0.05, 0.1) is 6.04 Å². The Morgan fingerprint density at radius 1 is 0.967 bits per heavy atom. The topological polar surface area (TPSA) is 42.9 Å². The molecule has 1 unspecified atom stereocenters. The van der Waals surface area contributed by atoms with E-state index in [4.69, 9.17) is 0 Å². The van der Waals surface area contributed by atoms with Gasteiger partial charge in [-0.15, -0.1) is 11.3 Å². The Labute approximate surface area is 185 Å². The molecule has 0 radical (unpaired) electrons. The molecule has 162 valence electrons. The molecule has 2 fully saturated rings. The molecular weight excluding hydrogens is 390 g/mol. The Morgan fingerprint density at radius 3 is 2.33 bits per heavy atom. The van der Waals surface area contributed by atoms with Crippen LogP contribution in [0.15, 0.2) is 46.8 Å². The zero-order valence-corrected chi connectivity index (χ0v) is 19.0. The fourth-order valence-electron chi connectivity index (χ4n) is 4.50. The summed E-state index contributed by atoms with van der Waals surface area (Å²) in [6.45, 7) is 7.63. The van der Waals surface area contributed by atoms with Gasteiger partial charge in [0.15, 0.2) is 5.96 Å². The molecule has 1 aromatic heterocycles.